The third kappa shape index (κ3) is 5.14. The summed E-state index contributed by atoms with van der Waals surface area (Å²) in [7, 11) is 0. The molecule has 0 aliphatic carbocycles. The van der Waals surface area contributed by atoms with Gasteiger partial charge in [-0.3, -0.25) is 19.0 Å². The molecule has 3 heterocycles. The molecule has 1 unspecified atom stereocenters. The van der Waals surface area contributed by atoms with Crippen molar-refractivity contribution in [2.24, 2.45) is 5.92 Å². The van der Waals surface area contributed by atoms with Crippen LogP contribution in [0.5, 0.6) is 0 Å². The summed E-state index contributed by atoms with van der Waals surface area (Å²) in [4.78, 5) is 48.2. The number of amides is 2. The third-order valence-corrected chi connectivity index (χ3v) is 6.63. The Bertz CT molecular complexity index is 1260. The minimum absolute atomic E-state index is 0.0203. The van der Waals surface area contributed by atoms with Gasteiger partial charge in [0.2, 0.25) is 11.8 Å². The van der Waals surface area contributed by atoms with Gasteiger partial charge >= 0.3 is 0 Å². The van der Waals surface area contributed by atoms with Crippen molar-refractivity contribution < 1.29 is 14.0 Å². The van der Waals surface area contributed by atoms with Crippen molar-refractivity contribution in [3.8, 4) is 0 Å². The second-order valence-corrected chi connectivity index (χ2v) is 9.09. The smallest absolute Gasteiger partial charge is 0.273 e. The molecule has 1 aliphatic rings. The van der Waals surface area contributed by atoms with E-state index in [1.165, 1.54) is 29.8 Å². The minimum atomic E-state index is -0.670. The van der Waals surface area contributed by atoms with E-state index in [2.05, 4.69) is 20.6 Å². The van der Waals surface area contributed by atoms with Crippen molar-refractivity contribution in [3.63, 3.8) is 0 Å². The molecule has 1 fully saturated rings. The topological polar surface area (TPSA) is 109 Å². The van der Waals surface area contributed by atoms with Gasteiger partial charge in [0.1, 0.15) is 23.4 Å². The first-order chi connectivity index (χ1) is 15.9. The summed E-state index contributed by atoms with van der Waals surface area (Å²) in [6, 6.07) is 3.89. The van der Waals surface area contributed by atoms with Gasteiger partial charge in [0.15, 0.2) is 10.8 Å². The summed E-state index contributed by atoms with van der Waals surface area (Å²) in [6.07, 6.45) is 2.90. The number of benzene rings is 1. The number of anilines is 2. The van der Waals surface area contributed by atoms with Gasteiger partial charge in [-0.15, -0.1) is 0 Å². The fourth-order valence-corrected chi connectivity index (χ4v) is 4.86. The molecule has 0 radical (unpaired) electrons. The lowest BCUT2D eigenvalue weighted by Gasteiger charge is -2.31. The Morgan fingerprint density at radius 3 is 2.94 bits per heavy atom. The number of hydrogen-bond acceptors (Lipinski definition) is 7. The van der Waals surface area contributed by atoms with Gasteiger partial charge in [-0.2, -0.15) is 4.98 Å². The average Bonchev–Trinajstić information content (AvgIpc) is 3.23. The Morgan fingerprint density at radius 2 is 2.18 bits per heavy atom. The summed E-state index contributed by atoms with van der Waals surface area (Å²) in [6.45, 7) is 3.39. The number of piperidine rings is 1. The number of fused-ring (bicyclic) bond motifs is 1. The van der Waals surface area contributed by atoms with Crippen molar-refractivity contribution in [2.45, 2.75) is 26.3 Å². The molecule has 1 saturated heterocycles. The number of nitrogens with one attached hydrogen (secondary N) is 2. The average molecular weight is 493 g/mol. The minimum Gasteiger partial charge on any atom is -0.356 e. The van der Waals surface area contributed by atoms with Gasteiger partial charge in [0, 0.05) is 24.7 Å². The van der Waals surface area contributed by atoms with Crippen molar-refractivity contribution in [2.75, 3.05) is 29.9 Å². The molecule has 9 nitrogen and oxygen atoms in total. The molecule has 0 bridgehead atoms. The summed E-state index contributed by atoms with van der Waals surface area (Å²) >= 11 is 6.91. The van der Waals surface area contributed by atoms with Crippen LogP contribution in [0.2, 0.25) is 5.02 Å². The highest BCUT2D eigenvalue weighted by Gasteiger charge is 2.27. The number of nitrogens with zero attached hydrogens (tertiary/aromatic N) is 4. The van der Waals surface area contributed by atoms with E-state index in [9.17, 15) is 18.8 Å². The van der Waals surface area contributed by atoms with Crippen LogP contribution in [0.15, 0.2) is 29.3 Å². The van der Waals surface area contributed by atoms with Gasteiger partial charge in [-0.05, 0) is 38.0 Å². The first kappa shape index (κ1) is 23.1. The van der Waals surface area contributed by atoms with Crippen LogP contribution in [0.3, 0.4) is 0 Å². The van der Waals surface area contributed by atoms with E-state index in [0.717, 1.165) is 30.0 Å². The van der Waals surface area contributed by atoms with Gasteiger partial charge < -0.3 is 15.5 Å². The molecule has 1 aromatic carbocycles. The van der Waals surface area contributed by atoms with Gasteiger partial charge in [-0.25, -0.2) is 9.37 Å². The Hall–Kier alpha value is -3.05. The van der Waals surface area contributed by atoms with Crippen LogP contribution in [0.1, 0.15) is 19.8 Å². The van der Waals surface area contributed by atoms with Crippen LogP contribution in [-0.4, -0.2) is 46.0 Å². The van der Waals surface area contributed by atoms with Gasteiger partial charge in [-0.1, -0.05) is 22.9 Å². The summed E-state index contributed by atoms with van der Waals surface area (Å²) in [5.74, 6) is -1.36. The number of hydrogen-bond donors (Lipinski definition) is 2. The van der Waals surface area contributed by atoms with E-state index in [1.807, 2.05) is 11.8 Å². The normalized spacial score (nSPS) is 16.1. The number of halogens is 2. The molecule has 0 saturated carbocycles. The second-order valence-electron chi connectivity index (χ2n) is 7.68. The van der Waals surface area contributed by atoms with Crippen molar-refractivity contribution in [1.82, 2.24) is 19.9 Å². The maximum absolute atomic E-state index is 13.9. The Kier molecular flexibility index (Phi) is 6.89. The fraction of sp³-hybridized carbons (Fsp3) is 0.381. The largest absolute Gasteiger partial charge is 0.356 e. The van der Waals surface area contributed by atoms with Gasteiger partial charge in [0.05, 0.1) is 11.6 Å². The number of aromatic nitrogens is 3. The molecular weight excluding hydrogens is 471 g/mol. The lowest BCUT2D eigenvalue weighted by atomic mass is 9.97. The van der Waals surface area contributed by atoms with Crippen molar-refractivity contribution in [3.05, 3.63) is 45.7 Å². The summed E-state index contributed by atoms with van der Waals surface area (Å²) in [5.41, 5.74) is -0.147. The Morgan fingerprint density at radius 1 is 1.36 bits per heavy atom. The van der Waals surface area contributed by atoms with E-state index in [1.54, 1.807) is 0 Å². The van der Waals surface area contributed by atoms with Crippen molar-refractivity contribution in [1.29, 1.82) is 0 Å². The summed E-state index contributed by atoms with van der Waals surface area (Å²) < 4.78 is 15.4. The highest BCUT2D eigenvalue weighted by molar-refractivity contribution is 7.22. The Labute approximate surface area is 197 Å². The van der Waals surface area contributed by atoms with Crippen LogP contribution in [0.4, 0.5) is 15.2 Å². The fourth-order valence-electron chi connectivity index (χ4n) is 3.70. The lowest BCUT2D eigenvalue weighted by Crippen LogP contribution is -2.43. The molecule has 3 aromatic rings. The monoisotopic (exact) mass is 492 g/mol. The molecular formula is C21H22ClFN6O3S. The van der Waals surface area contributed by atoms with Crippen LogP contribution >= 0.6 is 22.9 Å². The first-order valence-electron chi connectivity index (χ1n) is 10.5. The van der Waals surface area contributed by atoms with Crippen LogP contribution in [0.25, 0.3) is 10.3 Å². The zero-order valence-electron chi connectivity index (χ0n) is 17.8. The number of thiazole rings is 1. The van der Waals surface area contributed by atoms with E-state index in [-0.39, 0.29) is 29.1 Å². The van der Waals surface area contributed by atoms with Crippen molar-refractivity contribution >= 4 is 55.9 Å². The molecule has 1 atom stereocenters. The summed E-state index contributed by atoms with van der Waals surface area (Å²) in [5, 5.41) is 6.11. The van der Waals surface area contributed by atoms with E-state index < -0.39 is 17.3 Å². The van der Waals surface area contributed by atoms with Crippen LogP contribution < -0.4 is 21.1 Å². The molecule has 2 amide bonds. The first-order valence-corrected chi connectivity index (χ1v) is 11.7. The third-order valence-electron chi connectivity index (χ3n) is 5.31. The SMILES string of the molecule is CCNC(=O)C1CCCN(c2nc3ncn(CC(=O)Nc4ccc(Cl)cc4F)c(=O)c3s2)C1. The highest BCUT2D eigenvalue weighted by atomic mass is 35.5. The zero-order chi connectivity index (χ0) is 23.5. The Balaban J connectivity index is 1.50. The molecule has 174 valence electrons. The molecule has 4 rings (SSSR count). The van der Waals surface area contributed by atoms with E-state index in [4.69, 9.17) is 11.6 Å². The molecule has 12 heteroatoms. The highest BCUT2D eigenvalue weighted by Crippen LogP contribution is 2.29. The standard InChI is InChI=1S/C21H22ClFN6O3S/c1-2-24-19(31)12-4-3-7-28(9-12)21-27-18-17(33-21)20(32)29(11-25-18)10-16(30)26-15-6-5-13(22)8-14(15)23/h5-6,8,11-12H,2-4,7,9-10H2,1H3,(H,24,31)(H,26,30). The van der Waals surface area contributed by atoms with E-state index >= 15 is 0 Å². The second kappa shape index (κ2) is 9.84. The number of carbonyl (C=O) groups is 2. The van der Waals surface area contributed by atoms with Crippen LogP contribution in [0, 0.1) is 11.7 Å². The quantitative estimate of drug-likeness (QED) is 0.547. The maximum atomic E-state index is 13.9. The maximum Gasteiger partial charge on any atom is 0.273 e. The van der Waals surface area contributed by atoms with E-state index in [0.29, 0.717) is 28.6 Å². The molecule has 2 N–H and O–H groups in total. The predicted octanol–water partition coefficient (Wildman–Crippen LogP) is 2.64. The molecule has 2 aromatic heterocycles. The number of carbonyl (C=O) groups excluding carboxylic acids is 2. The molecule has 33 heavy (non-hydrogen) atoms. The van der Waals surface area contributed by atoms with Crippen LogP contribution in [-0.2, 0) is 16.1 Å². The number of rotatable bonds is 6. The zero-order valence-corrected chi connectivity index (χ0v) is 19.4. The molecule has 1 aliphatic heterocycles. The molecule has 0 spiro atoms. The predicted molar refractivity (Wildman–Crippen MR) is 125 cm³/mol. The van der Waals surface area contributed by atoms with Gasteiger partial charge in [0.25, 0.3) is 5.56 Å². The lowest BCUT2D eigenvalue weighted by molar-refractivity contribution is -0.125.